The van der Waals surface area contributed by atoms with Crippen LogP contribution in [0.3, 0.4) is 0 Å². The van der Waals surface area contributed by atoms with E-state index >= 15 is 0 Å². The number of aromatic nitrogens is 3. The molecule has 158 valence electrons. The molecule has 3 aromatic carbocycles. The molecule has 0 saturated carbocycles. The van der Waals surface area contributed by atoms with Gasteiger partial charge in [-0.3, -0.25) is 0 Å². The maximum atomic E-state index is 14.3. The molecular formula is C25H19FN4O2. The van der Waals surface area contributed by atoms with Gasteiger partial charge in [-0.2, -0.15) is 10.1 Å². The van der Waals surface area contributed by atoms with E-state index in [4.69, 9.17) is 9.47 Å². The first kappa shape index (κ1) is 18.6. The Labute approximate surface area is 183 Å². The summed E-state index contributed by atoms with van der Waals surface area (Å²) in [6.07, 6.45) is 1.11. The summed E-state index contributed by atoms with van der Waals surface area (Å²) < 4.78 is 27.9. The number of nitrogens with one attached hydrogen (secondary N) is 1. The molecule has 1 aromatic heterocycles. The van der Waals surface area contributed by atoms with Crippen LogP contribution >= 0.6 is 0 Å². The second-order valence-corrected chi connectivity index (χ2v) is 7.71. The van der Waals surface area contributed by atoms with E-state index < -0.39 is 6.10 Å². The number of rotatable bonds is 3. The lowest BCUT2D eigenvalue weighted by Gasteiger charge is -2.39. The molecule has 3 heterocycles. The summed E-state index contributed by atoms with van der Waals surface area (Å²) in [5, 5.41) is 7.88. The highest BCUT2D eigenvalue weighted by atomic mass is 19.1. The number of hydrogen-bond acceptors (Lipinski definition) is 5. The molecule has 0 radical (unpaired) electrons. The van der Waals surface area contributed by atoms with E-state index in [1.807, 2.05) is 47.1 Å². The molecule has 0 saturated heterocycles. The van der Waals surface area contributed by atoms with Crippen molar-refractivity contribution in [2.45, 2.75) is 12.1 Å². The fourth-order valence-corrected chi connectivity index (χ4v) is 4.45. The minimum absolute atomic E-state index is 0.270. The Balaban J connectivity index is 1.61. The highest BCUT2D eigenvalue weighted by Gasteiger charge is 2.41. The Hall–Kier alpha value is -4.13. The fourth-order valence-electron chi connectivity index (χ4n) is 4.45. The van der Waals surface area contributed by atoms with Crippen LogP contribution in [-0.2, 0) is 0 Å². The molecule has 2 atom stereocenters. The van der Waals surface area contributed by atoms with Gasteiger partial charge in [-0.25, -0.2) is 9.07 Å². The third-order valence-electron chi connectivity index (χ3n) is 5.91. The van der Waals surface area contributed by atoms with Gasteiger partial charge in [0.25, 0.3) is 0 Å². The van der Waals surface area contributed by atoms with Crippen LogP contribution in [0.4, 0.5) is 10.3 Å². The van der Waals surface area contributed by atoms with Gasteiger partial charge < -0.3 is 14.8 Å². The molecule has 6 rings (SSSR count). The van der Waals surface area contributed by atoms with E-state index in [2.05, 4.69) is 27.5 Å². The van der Waals surface area contributed by atoms with Gasteiger partial charge in [-0.1, -0.05) is 42.5 Å². The van der Waals surface area contributed by atoms with Crippen LogP contribution in [0.25, 0.3) is 5.70 Å². The molecule has 2 aliphatic heterocycles. The molecule has 32 heavy (non-hydrogen) atoms. The van der Waals surface area contributed by atoms with Crippen molar-refractivity contribution in [2.75, 3.05) is 12.4 Å². The van der Waals surface area contributed by atoms with E-state index in [-0.39, 0.29) is 11.9 Å². The van der Waals surface area contributed by atoms with Gasteiger partial charge in [0.1, 0.15) is 35.8 Å². The molecule has 0 spiro atoms. The average molecular weight is 426 g/mol. The largest absolute Gasteiger partial charge is 0.497 e. The van der Waals surface area contributed by atoms with Gasteiger partial charge in [0.2, 0.25) is 5.95 Å². The van der Waals surface area contributed by atoms with Crippen molar-refractivity contribution in [3.8, 4) is 11.5 Å². The first-order valence-corrected chi connectivity index (χ1v) is 10.3. The number of benzene rings is 3. The summed E-state index contributed by atoms with van der Waals surface area (Å²) in [5.74, 6) is 1.65. The number of nitrogens with zero attached hydrogens (tertiary/aromatic N) is 3. The third kappa shape index (κ3) is 2.85. The molecule has 7 heteroatoms. The molecule has 0 fully saturated rings. The van der Waals surface area contributed by atoms with Crippen molar-refractivity contribution < 1.29 is 13.9 Å². The Morgan fingerprint density at radius 3 is 2.59 bits per heavy atom. The highest BCUT2D eigenvalue weighted by Crippen LogP contribution is 2.50. The van der Waals surface area contributed by atoms with Crippen molar-refractivity contribution in [3.63, 3.8) is 0 Å². The maximum absolute atomic E-state index is 14.3. The minimum atomic E-state index is -0.413. The SMILES string of the molecule is COc1ccc(C2Oc3ccc(F)cc3C3=C2C(c2ccccc2)n2ncnc2N3)cc1. The summed E-state index contributed by atoms with van der Waals surface area (Å²) in [7, 11) is 1.64. The molecule has 2 aliphatic rings. The number of ether oxygens (including phenoxy) is 2. The Morgan fingerprint density at radius 2 is 1.81 bits per heavy atom. The minimum Gasteiger partial charge on any atom is -0.497 e. The van der Waals surface area contributed by atoms with Crippen molar-refractivity contribution in [1.82, 2.24) is 14.8 Å². The number of anilines is 1. The lowest BCUT2D eigenvalue weighted by Crippen LogP contribution is -2.32. The van der Waals surface area contributed by atoms with Crippen LogP contribution in [-0.4, -0.2) is 21.9 Å². The standard InChI is InChI=1S/C25H19FN4O2/c1-31-18-10-7-16(8-11-18)24-21-22(19-13-17(26)9-12-20(19)32-24)29-25-27-14-28-30(25)23(21)15-5-3-2-4-6-15/h2-14,23-24H,1H3,(H,27,28,29). The number of fused-ring (bicyclic) bond motifs is 3. The zero-order valence-corrected chi connectivity index (χ0v) is 17.2. The van der Waals surface area contributed by atoms with E-state index in [9.17, 15) is 4.39 Å². The van der Waals surface area contributed by atoms with Crippen LogP contribution in [0.1, 0.15) is 28.8 Å². The topological polar surface area (TPSA) is 61.2 Å². The lowest BCUT2D eigenvalue weighted by atomic mass is 9.84. The predicted molar refractivity (Wildman–Crippen MR) is 118 cm³/mol. The van der Waals surface area contributed by atoms with E-state index in [1.54, 1.807) is 13.2 Å². The van der Waals surface area contributed by atoms with Gasteiger partial charge in [0, 0.05) is 11.1 Å². The molecular weight excluding hydrogens is 407 g/mol. The Bertz CT molecular complexity index is 1330. The zero-order chi connectivity index (χ0) is 21.7. The first-order valence-electron chi connectivity index (χ1n) is 10.3. The number of methoxy groups -OCH3 is 1. The van der Waals surface area contributed by atoms with Crippen LogP contribution in [0, 0.1) is 5.82 Å². The maximum Gasteiger partial charge on any atom is 0.226 e. The summed E-state index contributed by atoms with van der Waals surface area (Å²) in [5.41, 5.74) is 4.40. The molecule has 6 nitrogen and oxygen atoms in total. The Morgan fingerprint density at radius 1 is 1.00 bits per heavy atom. The van der Waals surface area contributed by atoms with Crippen LogP contribution in [0.2, 0.25) is 0 Å². The predicted octanol–water partition coefficient (Wildman–Crippen LogP) is 4.99. The number of hydrogen-bond donors (Lipinski definition) is 1. The molecule has 2 unspecified atom stereocenters. The van der Waals surface area contributed by atoms with Crippen LogP contribution in [0.5, 0.6) is 11.5 Å². The smallest absolute Gasteiger partial charge is 0.226 e. The highest BCUT2D eigenvalue weighted by molar-refractivity contribution is 5.85. The van der Waals surface area contributed by atoms with E-state index in [1.165, 1.54) is 18.5 Å². The molecule has 0 amide bonds. The van der Waals surface area contributed by atoms with Crippen molar-refractivity contribution >= 4 is 11.6 Å². The summed E-state index contributed by atoms with van der Waals surface area (Å²) in [6.45, 7) is 0. The number of halogens is 1. The zero-order valence-electron chi connectivity index (χ0n) is 17.2. The van der Waals surface area contributed by atoms with Crippen molar-refractivity contribution in [3.05, 3.63) is 107 Å². The van der Waals surface area contributed by atoms with Gasteiger partial charge >= 0.3 is 0 Å². The van der Waals surface area contributed by atoms with Crippen molar-refractivity contribution in [1.29, 1.82) is 0 Å². The quantitative estimate of drug-likeness (QED) is 0.500. The monoisotopic (exact) mass is 426 g/mol. The summed E-state index contributed by atoms with van der Waals surface area (Å²) in [4.78, 5) is 4.39. The molecule has 0 bridgehead atoms. The normalized spacial score (nSPS) is 18.7. The lowest BCUT2D eigenvalue weighted by molar-refractivity contribution is 0.222. The van der Waals surface area contributed by atoms with E-state index in [0.29, 0.717) is 17.3 Å². The van der Waals surface area contributed by atoms with Gasteiger partial charge in [0.05, 0.1) is 12.8 Å². The Kier molecular flexibility index (Phi) is 4.21. The average Bonchev–Trinajstić information content (AvgIpc) is 3.31. The first-order chi connectivity index (χ1) is 15.7. The molecule has 0 aliphatic carbocycles. The van der Waals surface area contributed by atoms with E-state index in [0.717, 1.165) is 28.1 Å². The van der Waals surface area contributed by atoms with Crippen LogP contribution < -0.4 is 14.8 Å². The van der Waals surface area contributed by atoms with Gasteiger partial charge in [0.15, 0.2) is 0 Å². The second-order valence-electron chi connectivity index (χ2n) is 7.71. The van der Waals surface area contributed by atoms with Crippen molar-refractivity contribution in [2.24, 2.45) is 0 Å². The van der Waals surface area contributed by atoms with Gasteiger partial charge in [-0.15, -0.1) is 0 Å². The fraction of sp³-hybridized carbons (Fsp3) is 0.120. The molecule has 4 aromatic rings. The summed E-state index contributed by atoms with van der Waals surface area (Å²) >= 11 is 0. The third-order valence-corrected chi connectivity index (χ3v) is 5.91. The second kappa shape index (κ2) is 7.23. The summed E-state index contributed by atoms with van der Waals surface area (Å²) in [6, 6.07) is 22.2. The van der Waals surface area contributed by atoms with Gasteiger partial charge in [-0.05, 0) is 41.5 Å². The molecule has 1 N–H and O–H groups in total. The van der Waals surface area contributed by atoms with Crippen LogP contribution in [0.15, 0.2) is 84.7 Å².